The lowest BCUT2D eigenvalue weighted by Gasteiger charge is -2.17. The first-order valence-electron chi connectivity index (χ1n) is 4.91. The van der Waals surface area contributed by atoms with Crippen LogP contribution in [-0.2, 0) is 10.0 Å². The van der Waals surface area contributed by atoms with Gasteiger partial charge in [-0.2, -0.15) is 0 Å². The molecule has 0 aliphatic heterocycles. The molecule has 0 amide bonds. The summed E-state index contributed by atoms with van der Waals surface area (Å²) in [6, 6.07) is 1.42. The second kappa shape index (κ2) is 5.45. The average Bonchev–Trinajstić information content (AvgIpc) is 2.25. The quantitative estimate of drug-likeness (QED) is 0.759. The Hall–Kier alpha value is -0.880. The molecule has 0 unspecified atom stereocenters. The van der Waals surface area contributed by atoms with Crippen molar-refractivity contribution in [3.63, 3.8) is 0 Å². The van der Waals surface area contributed by atoms with Gasteiger partial charge < -0.3 is 0 Å². The summed E-state index contributed by atoms with van der Waals surface area (Å²) in [7, 11) is -1.85. The predicted molar refractivity (Wildman–Crippen MR) is 64.1 cm³/mol. The molecular formula is C9H14ClN3O2S. The van der Waals surface area contributed by atoms with Gasteiger partial charge in [-0.15, -0.1) is 0 Å². The topological polar surface area (TPSA) is 63.2 Å². The molecule has 1 aromatic rings. The van der Waals surface area contributed by atoms with Gasteiger partial charge in [0.1, 0.15) is 17.3 Å². The molecule has 7 heteroatoms. The summed E-state index contributed by atoms with van der Waals surface area (Å²) in [5.41, 5.74) is 0. The molecule has 0 atom stereocenters. The SMILES string of the molecule is CCCCS(=O)(=O)N(C)c1cc(Cl)ncn1. The molecule has 90 valence electrons. The molecule has 0 saturated heterocycles. The van der Waals surface area contributed by atoms with Gasteiger partial charge in [0.05, 0.1) is 5.75 Å². The van der Waals surface area contributed by atoms with Crippen LogP contribution in [0.3, 0.4) is 0 Å². The minimum atomic E-state index is -3.31. The highest BCUT2D eigenvalue weighted by Gasteiger charge is 2.18. The fourth-order valence-corrected chi connectivity index (χ4v) is 2.56. The monoisotopic (exact) mass is 263 g/mol. The smallest absolute Gasteiger partial charge is 0.236 e. The molecule has 1 rings (SSSR count). The van der Waals surface area contributed by atoms with E-state index in [1.807, 2.05) is 6.92 Å². The maximum atomic E-state index is 11.8. The van der Waals surface area contributed by atoms with E-state index >= 15 is 0 Å². The van der Waals surface area contributed by atoms with Gasteiger partial charge in [-0.25, -0.2) is 18.4 Å². The van der Waals surface area contributed by atoms with Gasteiger partial charge >= 0.3 is 0 Å². The molecule has 1 heterocycles. The highest BCUT2D eigenvalue weighted by Crippen LogP contribution is 2.16. The first-order valence-corrected chi connectivity index (χ1v) is 6.90. The van der Waals surface area contributed by atoms with Crippen molar-refractivity contribution < 1.29 is 8.42 Å². The number of sulfonamides is 1. The maximum Gasteiger partial charge on any atom is 0.236 e. The minimum absolute atomic E-state index is 0.113. The van der Waals surface area contributed by atoms with E-state index in [4.69, 9.17) is 11.6 Å². The molecule has 0 aliphatic rings. The summed E-state index contributed by atoms with van der Waals surface area (Å²) in [5.74, 6) is 0.401. The third kappa shape index (κ3) is 3.31. The second-order valence-corrected chi connectivity index (χ2v) is 5.84. The second-order valence-electron chi connectivity index (χ2n) is 3.34. The van der Waals surface area contributed by atoms with Crippen molar-refractivity contribution in [2.75, 3.05) is 17.1 Å². The summed E-state index contributed by atoms with van der Waals surface area (Å²) in [6.07, 6.45) is 2.70. The molecule has 0 fully saturated rings. The zero-order valence-corrected chi connectivity index (χ0v) is 10.8. The molecule has 0 aliphatic carbocycles. The van der Waals surface area contributed by atoms with Crippen molar-refractivity contribution in [2.45, 2.75) is 19.8 Å². The largest absolute Gasteiger partial charge is 0.257 e. The van der Waals surface area contributed by atoms with Crippen molar-refractivity contribution in [3.8, 4) is 0 Å². The summed E-state index contributed by atoms with van der Waals surface area (Å²) in [4.78, 5) is 7.56. The zero-order chi connectivity index (χ0) is 12.2. The van der Waals surface area contributed by atoms with Gasteiger partial charge in [-0.1, -0.05) is 24.9 Å². The van der Waals surface area contributed by atoms with Gasteiger partial charge in [0.25, 0.3) is 0 Å². The molecular weight excluding hydrogens is 250 g/mol. The molecule has 16 heavy (non-hydrogen) atoms. The Balaban J connectivity index is 2.89. The standard InChI is InChI=1S/C9H14ClN3O2S/c1-3-4-5-16(14,15)13(2)9-6-8(10)11-7-12-9/h6-7H,3-5H2,1-2H3. The van der Waals surface area contributed by atoms with E-state index in [0.717, 1.165) is 10.7 Å². The van der Waals surface area contributed by atoms with E-state index < -0.39 is 10.0 Å². The van der Waals surface area contributed by atoms with Crippen molar-refractivity contribution in [1.82, 2.24) is 9.97 Å². The molecule has 0 N–H and O–H groups in total. The fourth-order valence-electron chi connectivity index (χ4n) is 1.10. The third-order valence-corrected chi connectivity index (χ3v) is 4.15. The fraction of sp³-hybridized carbons (Fsp3) is 0.556. The molecule has 5 nitrogen and oxygen atoms in total. The molecule has 0 spiro atoms. The zero-order valence-electron chi connectivity index (χ0n) is 9.22. The van der Waals surface area contributed by atoms with Gasteiger partial charge in [0, 0.05) is 13.1 Å². The summed E-state index contributed by atoms with van der Waals surface area (Å²) < 4.78 is 24.8. The number of hydrogen-bond donors (Lipinski definition) is 0. The van der Waals surface area contributed by atoms with Crippen LogP contribution in [0.1, 0.15) is 19.8 Å². The highest BCUT2D eigenvalue weighted by molar-refractivity contribution is 7.92. The lowest BCUT2D eigenvalue weighted by Crippen LogP contribution is -2.29. The Labute approximate surface area is 101 Å². The van der Waals surface area contributed by atoms with Gasteiger partial charge in [0.2, 0.25) is 10.0 Å². The number of halogens is 1. The molecule has 0 aromatic carbocycles. The van der Waals surface area contributed by atoms with E-state index in [2.05, 4.69) is 9.97 Å². The van der Waals surface area contributed by atoms with Crippen LogP contribution >= 0.6 is 11.6 Å². The average molecular weight is 264 g/mol. The van der Waals surface area contributed by atoms with Crippen LogP contribution in [0.2, 0.25) is 5.15 Å². The van der Waals surface area contributed by atoms with E-state index in [1.165, 1.54) is 19.4 Å². The van der Waals surface area contributed by atoms with Crippen LogP contribution in [-0.4, -0.2) is 31.2 Å². The van der Waals surface area contributed by atoms with Crippen LogP contribution in [0.5, 0.6) is 0 Å². The Morgan fingerprint density at radius 1 is 1.44 bits per heavy atom. The van der Waals surface area contributed by atoms with Crippen LogP contribution < -0.4 is 4.31 Å². The van der Waals surface area contributed by atoms with E-state index in [1.54, 1.807) is 0 Å². The van der Waals surface area contributed by atoms with Gasteiger partial charge in [-0.3, -0.25) is 4.31 Å². The Kier molecular flexibility index (Phi) is 4.49. The summed E-state index contributed by atoms with van der Waals surface area (Å²) >= 11 is 5.67. The van der Waals surface area contributed by atoms with Crippen LogP contribution in [0.4, 0.5) is 5.82 Å². The van der Waals surface area contributed by atoms with Gasteiger partial charge in [-0.05, 0) is 6.42 Å². The van der Waals surface area contributed by atoms with Crippen molar-refractivity contribution >= 4 is 27.4 Å². The van der Waals surface area contributed by atoms with E-state index in [-0.39, 0.29) is 16.7 Å². The van der Waals surface area contributed by atoms with Crippen LogP contribution in [0.25, 0.3) is 0 Å². The molecule has 0 radical (unpaired) electrons. The summed E-state index contributed by atoms with van der Waals surface area (Å²) in [6.45, 7) is 1.94. The Morgan fingerprint density at radius 3 is 2.69 bits per heavy atom. The molecule has 0 saturated carbocycles. The molecule has 1 aromatic heterocycles. The highest BCUT2D eigenvalue weighted by atomic mass is 35.5. The van der Waals surface area contributed by atoms with Crippen molar-refractivity contribution in [3.05, 3.63) is 17.5 Å². The normalized spacial score (nSPS) is 11.4. The lowest BCUT2D eigenvalue weighted by atomic mass is 10.4. The summed E-state index contributed by atoms with van der Waals surface area (Å²) in [5, 5.41) is 0.225. The number of anilines is 1. The number of hydrogen-bond acceptors (Lipinski definition) is 4. The first-order chi connectivity index (χ1) is 7.47. The predicted octanol–water partition coefficient (Wildman–Crippen LogP) is 1.70. The minimum Gasteiger partial charge on any atom is -0.257 e. The van der Waals surface area contributed by atoms with Crippen LogP contribution in [0, 0.1) is 0 Å². The Morgan fingerprint density at radius 2 is 2.12 bits per heavy atom. The van der Waals surface area contributed by atoms with E-state index in [0.29, 0.717) is 6.42 Å². The number of nitrogens with zero attached hydrogens (tertiary/aromatic N) is 3. The van der Waals surface area contributed by atoms with Crippen LogP contribution in [0.15, 0.2) is 12.4 Å². The third-order valence-electron chi connectivity index (χ3n) is 2.12. The maximum absolute atomic E-state index is 11.8. The number of rotatable bonds is 5. The van der Waals surface area contributed by atoms with Gasteiger partial charge in [0.15, 0.2) is 0 Å². The van der Waals surface area contributed by atoms with Crippen molar-refractivity contribution in [1.29, 1.82) is 0 Å². The Bertz CT molecular complexity index is 450. The lowest BCUT2D eigenvalue weighted by molar-refractivity contribution is 0.590. The van der Waals surface area contributed by atoms with E-state index in [9.17, 15) is 8.42 Å². The molecule has 0 bridgehead atoms. The van der Waals surface area contributed by atoms with Crippen molar-refractivity contribution in [2.24, 2.45) is 0 Å². The number of unbranched alkanes of at least 4 members (excludes halogenated alkanes) is 1. The number of aromatic nitrogens is 2. The first kappa shape index (κ1) is 13.2.